The predicted molar refractivity (Wildman–Crippen MR) is 63.7 cm³/mol. The number of aryl methyl sites for hydroxylation is 1. The molecule has 15 heavy (non-hydrogen) atoms. The molecule has 1 aromatic carbocycles. The van der Waals surface area contributed by atoms with E-state index in [1.807, 2.05) is 49.4 Å². The number of aromatic nitrogens is 1. The van der Waals surface area contributed by atoms with Crippen molar-refractivity contribution in [2.75, 3.05) is 0 Å². The minimum Gasteiger partial charge on any atom is -0.256 e. The van der Waals surface area contributed by atoms with Gasteiger partial charge in [-0.2, -0.15) is 0 Å². The number of rotatable bonds is 3. The lowest BCUT2D eigenvalue weighted by atomic mass is 10.1. The molecule has 76 valence electrons. The third-order valence-electron chi connectivity index (χ3n) is 2.31. The SMILES string of the molecule is [2H]C(CC)c1ccc(-c2ccccn2)cc1. The summed E-state index contributed by atoms with van der Waals surface area (Å²) in [5, 5.41) is 0. The topological polar surface area (TPSA) is 12.9 Å². The van der Waals surface area contributed by atoms with E-state index in [4.69, 9.17) is 1.37 Å². The highest BCUT2D eigenvalue weighted by Gasteiger charge is 1.97. The van der Waals surface area contributed by atoms with E-state index in [-0.39, 0.29) is 6.40 Å². The molecule has 0 bridgehead atoms. The molecule has 0 radical (unpaired) electrons. The van der Waals surface area contributed by atoms with Crippen molar-refractivity contribution in [1.29, 1.82) is 0 Å². The Bertz CT molecular complexity index is 436. The largest absolute Gasteiger partial charge is 0.256 e. The van der Waals surface area contributed by atoms with Gasteiger partial charge >= 0.3 is 0 Å². The molecule has 0 aliphatic carbocycles. The first-order chi connectivity index (χ1) is 7.81. The number of hydrogen-bond acceptors (Lipinski definition) is 1. The zero-order valence-corrected chi connectivity index (χ0v) is 8.85. The number of hydrogen-bond donors (Lipinski definition) is 0. The van der Waals surface area contributed by atoms with Crippen molar-refractivity contribution in [3.05, 3.63) is 54.2 Å². The van der Waals surface area contributed by atoms with Crippen LogP contribution in [-0.4, -0.2) is 4.98 Å². The molecule has 1 heterocycles. The van der Waals surface area contributed by atoms with Gasteiger partial charge in [-0.05, 0) is 24.1 Å². The maximum atomic E-state index is 7.82. The number of pyridine rings is 1. The molecule has 0 saturated carbocycles. The van der Waals surface area contributed by atoms with Crippen LogP contribution in [0.3, 0.4) is 0 Å². The van der Waals surface area contributed by atoms with E-state index in [0.29, 0.717) is 0 Å². The van der Waals surface area contributed by atoms with E-state index in [9.17, 15) is 0 Å². The van der Waals surface area contributed by atoms with E-state index in [1.165, 1.54) is 0 Å². The summed E-state index contributed by atoms with van der Waals surface area (Å²) < 4.78 is 7.82. The van der Waals surface area contributed by atoms with Gasteiger partial charge in [0.05, 0.1) is 5.69 Å². The Morgan fingerprint density at radius 1 is 1.13 bits per heavy atom. The summed E-state index contributed by atoms with van der Waals surface area (Å²) in [4.78, 5) is 4.30. The molecule has 1 unspecified atom stereocenters. The van der Waals surface area contributed by atoms with E-state index in [1.54, 1.807) is 6.20 Å². The van der Waals surface area contributed by atoms with Gasteiger partial charge in [0, 0.05) is 13.1 Å². The molecule has 0 N–H and O–H groups in total. The molecule has 1 aromatic heterocycles. The van der Waals surface area contributed by atoms with Gasteiger partial charge < -0.3 is 0 Å². The van der Waals surface area contributed by atoms with E-state index in [0.717, 1.165) is 23.2 Å². The van der Waals surface area contributed by atoms with Crippen molar-refractivity contribution >= 4 is 0 Å². The molecule has 0 spiro atoms. The zero-order chi connectivity index (χ0) is 11.4. The molecule has 0 amide bonds. The van der Waals surface area contributed by atoms with Gasteiger partial charge in [0.15, 0.2) is 0 Å². The van der Waals surface area contributed by atoms with Crippen molar-refractivity contribution in [1.82, 2.24) is 4.98 Å². The molecule has 2 aromatic rings. The second-order valence-electron chi connectivity index (χ2n) is 3.45. The van der Waals surface area contributed by atoms with Gasteiger partial charge in [0.25, 0.3) is 0 Å². The Hall–Kier alpha value is -1.63. The van der Waals surface area contributed by atoms with Crippen LogP contribution >= 0.6 is 0 Å². The maximum absolute atomic E-state index is 7.82. The fraction of sp³-hybridized carbons (Fsp3) is 0.214. The third-order valence-corrected chi connectivity index (χ3v) is 2.31. The highest BCUT2D eigenvalue weighted by Crippen LogP contribution is 2.17. The number of benzene rings is 1. The highest BCUT2D eigenvalue weighted by atomic mass is 14.7. The average Bonchev–Trinajstić information content (AvgIpc) is 2.39. The standard InChI is InChI=1S/C14H15N/c1-2-5-12-7-9-13(10-8-12)14-6-3-4-11-15-14/h3-4,6-11H,2,5H2,1H3/i5D. The first-order valence-electron chi connectivity index (χ1n) is 5.82. The van der Waals surface area contributed by atoms with Crippen LogP contribution in [0.2, 0.25) is 0 Å². The molecule has 0 fully saturated rings. The Labute approximate surface area is 92.2 Å². The smallest absolute Gasteiger partial charge is 0.0701 e. The molecule has 2 rings (SSSR count). The van der Waals surface area contributed by atoms with Crippen LogP contribution in [0.25, 0.3) is 11.3 Å². The lowest BCUT2D eigenvalue weighted by Crippen LogP contribution is -1.85. The van der Waals surface area contributed by atoms with Gasteiger partial charge in [0.2, 0.25) is 0 Å². The van der Waals surface area contributed by atoms with E-state index < -0.39 is 0 Å². The lowest BCUT2D eigenvalue weighted by molar-refractivity contribution is 0.922. The molecular weight excluding hydrogens is 182 g/mol. The van der Waals surface area contributed by atoms with Crippen molar-refractivity contribution in [3.8, 4) is 11.3 Å². The van der Waals surface area contributed by atoms with Crippen LogP contribution < -0.4 is 0 Å². The normalized spacial score (nSPS) is 13.3. The van der Waals surface area contributed by atoms with Gasteiger partial charge in [-0.3, -0.25) is 4.98 Å². The quantitative estimate of drug-likeness (QED) is 0.732. The monoisotopic (exact) mass is 198 g/mol. The zero-order valence-electron chi connectivity index (χ0n) is 9.85. The van der Waals surface area contributed by atoms with Gasteiger partial charge in [-0.25, -0.2) is 0 Å². The van der Waals surface area contributed by atoms with Crippen LogP contribution in [0, 0.1) is 0 Å². The second-order valence-corrected chi connectivity index (χ2v) is 3.45. The third kappa shape index (κ3) is 2.44. The van der Waals surface area contributed by atoms with Crippen LogP contribution in [0.5, 0.6) is 0 Å². The number of nitrogens with zero attached hydrogens (tertiary/aromatic N) is 1. The summed E-state index contributed by atoms with van der Waals surface area (Å²) in [6, 6.07) is 14.0. The van der Waals surface area contributed by atoms with Crippen LogP contribution in [0.4, 0.5) is 0 Å². The van der Waals surface area contributed by atoms with E-state index >= 15 is 0 Å². The van der Waals surface area contributed by atoms with Crippen molar-refractivity contribution in [2.24, 2.45) is 0 Å². The Morgan fingerprint density at radius 3 is 2.53 bits per heavy atom. The summed E-state index contributed by atoms with van der Waals surface area (Å²) in [5.41, 5.74) is 3.15. The minimum atomic E-state index is -0.113. The summed E-state index contributed by atoms with van der Waals surface area (Å²) in [7, 11) is 0. The first kappa shape index (κ1) is 8.66. The fourth-order valence-electron chi connectivity index (χ4n) is 1.56. The average molecular weight is 198 g/mol. The molecule has 0 aliphatic heterocycles. The van der Waals surface area contributed by atoms with Gasteiger partial charge in [-0.1, -0.05) is 43.7 Å². The van der Waals surface area contributed by atoms with Crippen LogP contribution in [-0.2, 0) is 6.40 Å². The molecule has 1 atom stereocenters. The van der Waals surface area contributed by atoms with Crippen molar-refractivity contribution in [2.45, 2.75) is 19.7 Å². The fourth-order valence-corrected chi connectivity index (χ4v) is 1.56. The summed E-state index contributed by atoms with van der Waals surface area (Å²) in [6.45, 7) is 2.03. The van der Waals surface area contributed by atoms with Gasteiger partial charge in [-0.15, -0.1) is 0 Å². The molecule has 1 nitrogen and oxygen atoms in total. The molecule has 0 aliphatic rings. The Balaban J connectivity index is 2.26. The minimum absolute atomic E-state index is 0.113. The van der Waals surface area contributed by atoms with Crippen LogP contribution in [0.1, 0.15) is 20.3 Å². The molecule has 0 saturated heterocycles. The van der Waals surface area contributed by atoms with Gasteiger partial charge in [0.1, 0.15) is 0 Å². The summed E-state index contributed by atoms with van der Waals surface area (Å²) in [6.07, 6.45) is 2.53. The molecule has 1 heteroatoms. The Kier molecular flexibility index (Phi) is 2.74. The van der Waals surface area contributed by atoms with E-state index in [2.05, 4.69) is 4.98 Å². The van der Waals surface area contributed by atoms with Crippen molar-refractivity contribution in [3.63, 3.8) is 0 Å². The first-order valence-corrected chi connectivity index (χ1v) is 5.25. The lowest BCUT2D eigenvalue weighted by Gasteiger charge is -2.02. The molecular formula is C14H15N. The Morgan fingerprint density at radius 2 is 1.93 bits per heavy atom. The van der Waals surface area contributed by atoms with Crippen molar-refractivity contribution < 1.29 is 1.37 Å². The second kappa shape index (κ2) is 4.74. The highest BCUT2D eigenvalue weighted by molar-refractivity contribution is 5.58. The maximum Gasteiger partial charge on any atom is 0.0701 e. The summed E-state index contributed by atoms with van der Waals surface area (Å²) >= 11 is 0. The summed E-state index contributed by atoms with van der Waals surface area (Å²) in [5.74, 6) is 0. The van der Waals surface area contributed by atoms with Crippen LogP contribution in [0.15, 0.2) is 48.7 Å². The predicted octanol–water partition coefficient (Wildman–Crippen LogP) is 3.70.